The minimum absolute atomic E-state index is 0.865. The van der Waals surface area contributed by atoms with Crippen molar-refractivity contribution in [3.05, 3.63) is 168 Å². The lowest BCUT2D eigenvalue weighted by Gasteiger charge is -2.09. The first-order chi connectivity index (χ1) is 16.9. The monoisotopic (exact) mass is 436 g/mol. The van der Waals surface area contributed by atoms with Crippen molar-refractivity contribution in [2.24, 2.45) is 9.98 Å². The van der Waals surface area contributed by atoms with Gasteiger partial charge in [-0.3, -0.25) is 0 Å². The molecule has 0 fully saturated rings. The predicted molar refractivity (Wildman–Crippen MR) is 143 cm³/mol. The van der Waals surface area contributed by atoms with E-state index in [2.05, 4.69) is 48.5 Å². The molecule has 34 heavy (non-hydrogen) atoms. The highest BCUT2D eigenvalue weighted by Gasteiger charge is 2.09. The van der Waals surface area contributed by atoms with Crippen LogP contribution in [0.15, 0.2) is 156 Å². The Hall–Kier alpha value is -4.56. The van der Waals surface area contributed by atoms with Crippen LogP contribution in [-0.2, 0) is 0 Å². The highest BCUT2D eigenvalue weighted by molar-refractivity contribution is 6.15. The van der Waals surface area contributed by atoms with E-state index in [0.29, 0.717) is 0 Å². The summed E-state index contributed by atoms with van der Waals surface area (Å²) in [6.45, 7) is 0. The second-order valence-corrected chi connectivity index (χ2v) is 7.90. The van der Waals surface area contributed by atoms with E-state index in [0.717, 1.165) is 45.1 Å². The smallest absolute Gasteiger partial charge is 0.0781 e. The van der Waals surface area contributed by atoms with Gasteiger partial charge in [0.15, 0.2) is 0 Å². The van der Waals surface area contributed by atoms with Crippen molar-refractivity contribution in [1.82, 2.24) is 0 Å². The zero-order valence-corrected chi connectivity index (χ0v) is 18.8. The Bertz CT molecular complexity index is 1210. The summed E-state index contributed by atoms with van der Waals surface area (Å²) in [4.78, 5) is 10.1. The van der Waals surface area contributed by atoms with Gasteiger partial charge in [0.05, 0.1) is 22.8 Å². The normalized spacial score (nSPS) is 10.4. The largest absolute Gasteiger partial charge is 0.248 e. The molecule has 0 spiro atoms. The van der Waals surface area contributed by atoms with Gasteiger partial charge in [-0.15, -0.1) is 0 Å². The zero-order valence-electron chi connectivity index (χ0n) is 18.8. The van der Waals surface area contributed by atoms with Crippen LogP contribution in [0.4, 0.5) is 11.4 Å². The van der Waals surface area contributed by atoms with E-state index in [-0.39, 0.29) is 0 Å². The molecule has 0 saturated heterocycles. The number of benzene rings is 5. The summed E-state index contributed by atoms with van der Waals surface area (Å²) in [5, 5.41) is 0. The molecule has 0 aliphatic rings. The van der Waals surface area contributed by atoms with Gasteiger partial charge in [-0.05, 0) is 18.2 Å². The molecule has 2 nitrogen and oxygen atoms in total. The van der Waals surface area contributed by atoms with Crippen molar-refractivity contribution in [1.29, 1.82) is 0 Å². The summed E-state index contributed by atoms with van der Waals surface area (Å²) in [5.74, 6) is 0. The van der Waals surface area contributed by atoms with E-state index in [1.165, 1.54) is 0 Å². The molecule has 5 rings (SSSR count). The van der Waals surface area contributed by atoms with E-state index in [9.17, 15) is 0 Å². The maximum absolute atomic E-state index is 5.06. The lowest BCUT2D eigenvalue weighted by atomic mass is 10.0. The van der Waals surface area contributed by atoms with Gasteiger partial charge in [0.1, 0.15) is 0 Å². The van der Waals surface area contributed by atoms with Gasteiger partial charge in [0.25, 0.3) is 0 Å². The Morgan fingerprint density at radius 3 is 0.912 bits per heavy atom. The van der Waals surface area contributed by atoms with Gasteiger partial charge in [0.2, 0.25) is 0 Å². The summed E-state index contributed by atoms with van der Waals surface area (Å²) in [5.41, 5.74) is 7.93. The number of rotatable bonds is 6. The van der Waals surface area contributed by atoms with Gasteiger partial charge < -0.3 is 0 Å². The average Bonchev–Trinajstić information content (AvgIpc) is 2.92. The Morgan fingerprint density at radius 1 is 0.324 bits per heavy atom. The first kappa shape index (κ1) is 21.3. The van der Waals surface area contributed by atoms with Gasteiger partial charge in [-0.2, -0.15) is 0 Å². The summed E-state index contributed by atoms with van der Waals surface area (Å²) >= 11 is 0. The lowest BCUT2D eigenvalue weighted by Crippen LogP contribution is -2.03. The summed E-state index contributed by atoms with van der Waals surface area (Å²) in [6.07, 6.45) is 0. The van der Waals surface area contributed by atoms with Gasteiger partial charge in [0, 0.05) is 22.3 Å². The van der Waals surface area contributed by atoms with Crippen LogP contribution in [-0.4, -0.2) is 11.4 Å². The van der Waals surface area contributed by atoms with Crippen LogP contribution in [0.3, 0.4) is 0 Å². The van der Waals surface area contributed by atoms with Crippen molar-refractivity contribution in [2.45, 2.75) is 0 Å². The highest BCUT2D eigenvalue weighted by atomic mass is 14.8. The fraction of sp³-hybridized carbons (Fsp3) is 0. The van der Waals surface area contributed by atoms with E-state index in [1.807, 2.05) is 97.1 Å². The molecule has 0 heterocycles. The molecular weight excluding hydrogens is 412 g/mol. The zero-order chi connectivity index (χ0) is 23.0. The van der Waals surface area contributed by atoms with Gasteiger partial charge in [-0.1, -0.05) is 127 Å². The molecule has 0 aromatic heterocycles. The van der Waals surface area contributed by atoms with E-state index < -0.39 is 0 Å². The van der Waals surface area contributed by atoms with Crippen LogP contribution in [0, 0.1) is 0 Å². The third-order valence-corrected chi connectivity index (χ3v) is 5.50. The summed E-state index contributed by atoms with van der Waals surface area (Å²) in [6, 6.07) is 49.3. The lowest BCUT2D eigenvalue weighted by molar-refractivity contribution is 1.43. The van der Waals surface area contributed by atoms with Gasteiger partial charge in [-0.25, -0.2) is 9.98 Å². The number of hydrogen-bond donors (Lipinski definition) is 0. The van der Waals surface area contributed by atoms with Crippen LogP contribution in [0.1, 0.15) is 22.3 Å². The van der Waals surface area contributed by atoms with E-state index in [4.69, 9.17) is 9.98 Å². The molecular formula is C32H24N2. The van der Waals surface area contributed by atoms with Crippen LogP contribution in [0.2, 0.25) is 0 Å². The van der Waals surface area contributed by atoms with Crippen molar-refractivity contribution in [3.8, 4) is 0 Å². The molecule has 162 valence electrons. The molecule has 0 aliphatic carbocycles. The van der Waals surface area contributed by atoms with Crippen molar-refractivity contribution in [3.63, 3.8) is 0 Å². The average molecular weight is 437 g/mol. The number of hydrogen-bond acceptors (Lipinski definition) is 2. The molecule has 0 saturated carbocycles. The van der Waals surface area contributed by atoms with E-state index in [1.54, 1.807) is 0 Å². The molecule has 0 N–H and O–H groups in total. The van der Waals surface area contributed by atoms with Crippen molar-refractivity contribution in [2.75, 3.05) is 0 Å². The topological polar surface area (TPSA) is 24.7 Å². The van der Waals surface area contributed by atoms with E-state index >= 15 is 0 Å². The maximum Gasteiger partial charge on any atom is 0.0781 e. The Morgan fingerprint density at radius 2 is 0.618 bits per heavy atom. The minimum Gasteiger partial charge on any atom is -0.248 e. The number of aliphatic imine (C=N–C) groups is 2. The molecule has 5 aromatic carbocycles. The highest BCUT2D eigenvalue weighted by Crippen LogP contribution is 2.25. The fourth-order valence-electron chi connectivity index (χ4n) is 3.87. The third-order valence-electron chi connectivity index (χ3n) is 5.50. The third kappa shape index (κ3) is 5.08. The fourth-order valence-corrected chi connectivity index (χ4v) is 3.87. The molecule has 0 unspecified atom stereocenters. The standard InChI is InChI=1S/C32H24N2/c1-5-14-25(15-6-1)31(26-16-7-2-8-17-26)33-29-22-13-23-30(24-29)34-32(27-18-9-3-10-19-27)28-20-11-4-12-21-28/h1-24H. The second kappa shape index (κ2) is 10.4. The molecule has 0 atom stereocenters. The van der Waals surface area contributed by atoms with Crippen molar-refractivity contribution < 1.29 is 0 Å². The summed E-state index contributed by atoms with van der Waals surface area (Å²) in [7, 11) is 0. The quantitative estimate of drug-likeness (QED) is 0.241. The molecule has 5 aromatic rings. The van der Waals surface area contributed by atoms with Gasteiger partial charge >= 0.3 is 0 Å². The molecule has 0 amide bonds. The summed E-state index contributed by atoms with van der Waals surface area (Å²) < 4.78 is 0. The maximum atomic E-state index is 5.06. The van der Waals surface area contributed by atoms with Crippen LogP contribution < -0.4 is 0 Å². The van der Waals surface area contributed by atoms with Crippen LogP contribution in [0.25, 0.3) is 0 Å². The minimum atomic E-state index is 0.865. The Kier molecular flexibility index (Phi) is 6.50. The van der Waals surface area contributed by atoms with Crippen molar-refractivity contribution >= 4 is 22.8 Å². The predicted octanol–water partition coefficient (Wildman–Crippen LogP) is 8.02. The van der Waals surface area contributed by atoms with Crippen LogP contribution >= 0.6 is 0 Å². The molecule has 2 heteroatoms. The Labute approximate surface area is 200 Å². The first-order valence-corrected chi connectivity index (χ1v) is 11.4. The molecule has 0 radical (unpaired) electrons. The first-order valence-electron chi connectivity index (χ1n) is 11.4. The van der Waals surface area contributed by atoms with Crippen LogP contribution in [0.5, 0.6) is 0 Å². The SMILES string of the molecule is c1ccc(C(=Nc2cccc(N=C(c3ccccc3)c3ccccc3)c2)c2ccccc2)cc1. The second-order valence-electron chi connectivity index (χ2n) is 7.90. The molecule has 0 aliphatic heterocycles. The molecule has 0 bridgehead atoms. The Balaban J connectivity index is 1.60. The number of nitrogens with zero attached hydrogens (tertiary/aromatic N) is 2.